The molecule has 0 aromatic carbocycles. The molecule has 4 fully saturated rings. The van der Waals surface area contributed by atoms with E-state index >= 15 is 0 Å². The van der Waals surface area contributed by atoms with E-state index in [0.29, 0.717) is 0 Å². The SMILES string of the molecule is CC1(C)C2CCC1(OC(=O)C13CCC(CC1)C3(C)C)CC2. The van der Waals surface area contributed by atoms with Crippen molar-refractivity contribution in [1.29, 1.82) is 0 Å². The average Bonchev–Trinajstić information content (AvgIpc) is 3.03. The molecule has 0 spiro atoms. The summed E-state index contributed by atoms with van der Waals surface area (Å²) in [6.07, 6.45) is 9.25. The first-order valence-electron chi connectivity index (χ1n) is 8.99. The van der Waals surface area contributed by atoms with Crippen molar-refractivity contribution in [2.45, 2.75) is 84.7 Å². The minimum absolute atomic E-state index is 0.140. The first-order chi connectivity index (χ1) is 9.75. The Kier molecular flexibility index (Phi) is 2.59. The maximum atomic E-state index is 13.2. The van der Waals surface area contributed by atoms with Crippen molar-refractivity contribution in [3.05, 3.63) is 0 Å². The van der Waals surface area contributed by atoms with E-state index in [0.717, 1.165) is 37.5 Å². The molecule has 0 saturated heterocycles. The van der Waals surface area contributed by atoms with Crippen molar-refractivity contribution in [3.63, 3.8) is 0 Å². The number of esters is 1. The summed E-state index contributed by atoms with van der Waals surface area (Å²) in [5.74, 6) is 1.65. The monoisotopic (exact) mass is 290 g/mol. The van der Waals surface area contributed by atoms with Crippen LogP contribution in [0.15, 0.2) is 0 Å². The number of fused-ring (bicyclic) bond motifs is 4. The summed E-state index contributed by atoms with van der Waals surface area (Å²) in [5, 5.41) is 0. The molecule has 0 N–H and O–H groups in total. The highest BCUT2D eigenvalue weighted by Gasteiger charge is 2.67. The number of rotatable bonds is 2. The number of ether oxygens (including phenoxy) is 1. The van der Waals surface area contributed by atoms with Gasteiger partial charge in [0.1, 0.15) is 5.60 Å². The fourth-order valence-electron chi connectivity index (χ4n) is 6.67. The third-order valence-corrected chi connectivity index (χ3v) is 8.76. The van der Waals surface area contributed by atoms with Gasteiger partial charge in [-0.05, 0) is 68.6 Å². The molecule has 2 heteroatoms. The van der Waals surface area contributed by atoms with Gasteiger partial charge in [0.25, 0.3) is 0 Å². The number of carbonyl (C=O) groups excluding carboxylic acids is 1. The summed E-state index contributed by atoms with van der Waals surface area (Å²) < 4.78 is 6.41. The van der Waals surface area contributed by atoms with Crippen molar-refractivity contribution in [1.82, 2.24) is 0 Å². The van der Waals surface area contributed by atoms with E-state index in [2.05, 4.69) is 27.7 Å². The minimum Gasteiger partial charge on any atom is -0.458 e. The van der Waals surface area contributed by atoms with Crippen LogP contribution in [0.3, 0.4) is 0 Å². The average molecular weight is 290 g/mol. The topological polar surface area (TPSA) is 26.3 Å². The quantitative estimate of drug-likeness (QED) is 0.688. The van der Waals surface area contributed by atoms with E-state index in [4.69, 9.17) is 4.74 Å². The predicted molar refractivity (Wildman–Crippen MR) is 82.7 cm³/mol. The Bertz CT molecular complexity index is 472. The molecule has 4 aliphatic carbocycles. The van der Waals surface area contributed by atoms with Crippen molar-refractivity contribution >= 4 is 5.97 Å². The molecule has 2 nitrogen and oxygen atoms in total. The largest absolute Gasteiger partial charge is 0.458 e. The molecule has 118 valence electrons. The van der Waals surface area contributed by atoms with Gasteiger partial charge in [-0.3, -0.25) is 4.79 Å². The molecule has 4 aliphatic rings. The second-order valence-electron chi connectivity index (χ2n) is 9.46. The zero-order valence-electron chi connectivity index (χ0n) is 14.1. The Hall–Kier alpha value is -0.530. The lowest BCUT2D eigenvalue weighted by Crippen LogP contribution is -2.48. The fourth-order valence-corrected chi connectivity index (χ4v) is 6.67. The number of hydrogen-bond donors (Lipinski definition) is 0. The predicted octanol–water partition coefficient (Wildman–Crippen LogP) is 4.71. The molecular weight excluding hydrogens is 260 g/mol. The Labute approximate surface area is 129 Å². The zero-order valence-corrected chi connectivity index (χ0v) is 14.1. The third kappa shape index (κ3) is 1.43. The van der Waals surface area contributed by atoms with Crippen LogP contribution < -0.4 is 0 Å². The van der Waals surface area contributed by atoms with E-state index in [-0.39, 0.29) is 27.8 Å². The first-order valence-corrected chi connectivity index (χ1v) is 8.99. The van der Waals surface area contributed by atoms with Crippen LogP contribution in [0.2, 0.25) is 0 Å². The number of hydrogen-bond acceptors (Lipinski definition) is 2. The summed E-state index contributed by atoms with van der Waals surface area (Å²) in [5.41, 5.74) is -0.00897. The maximum absolute atomic E-state index is 13.2. The van der Waals surface area contributed by atoms with Crippen LogP contribution in [0.1, 0.15) is 79.1 Å². The standard InChI is InChI=1S/C19H30O2/c1-16(2)13-5-9-18(16,10-6-13)15(20)21-19-11-7-14(8-12-19)17(19,3)4/h13-14H,5-12H2,1-4H3. The van der Waals surface area contributed by atoms with Crippen LogP contribution in [0.5, 0.6) is 0 Å². The van der Waals surface area contributed by atoms with Gasteiger partial charge in [0, 0.05) is 5.41 Å². The van der Waals surface area contributed by atoms with E-state index in [1.807, 2.05) is 0 Å². The van der Waals surface area contributed by atoms with Gasteiger partial charge in [-0.1, -0.05) is 27.7 Å². The molecule has 0 amide bonds. The molecule has 4 bridgehead atoms. The minimum atomic E-state index is -0.177. The lowest BCUT2D eigenvalue weighted by atomic mass is 9.69. The van der Waals surface area contributed by atoms with Gasteiger partial charge < -0.3 is 4.74 Å². The summed E-state index contributed by atoms with van der Waals surface area (Å²) >= 11 is 0. The van der Waals surface area contributed by atoms with Gasteiger partial charge >= 0.3 is 5.97 Å². The summed E-state index contributed by atoms with van der Waals surface area (Å²) in [6.45, 7) is 9.29. The lowest BCUT2D eigenvalue weighted by molar-refractivity contribution is -0.186. The maximum Gasteiger partial charge on any atom is 0.313 e. The summed E-state index contributed by atoms with van der Waals surface area (Å²) in [7, 11) is 0. The highest BCUT2D eigenvalue weighted by Crippen LogP contribution is 2.68. The summed E-state index contributed by atoms with van der Waals surface area (Å²) in [4.78, 5) is 13.2. The van der Waals surface area contributed by atoms with Crippen molar-refractivity contribution in [2.24, 2.45) is 28.1 Å². The Morgan fingerprint density at radius 1 is 0.810 bits per heavy atom. The van der Waals surface area contributed by atoms with Gasteiger partial charge in [-0.25, -0.2) is 0 Å². The Morgan fingerprint density at radius 3 is 1.67 bits per heavy atom. The van der Waals surface area contributed by atoms with E-state index < -0.39 is 0 Å². The lowest BCUT2D eigenvalue weighted by Gasteiger charge is -2.43. The van der Waals surface area contributed by atoms with E-state index in [1.54, 1.807) is 0 Å². The van der Waals surface area contributed by atoms with Gasteiger partial charge in [-0.15, -0.1) is 0 Å². The fraction of sp³-hybridized carbons (Fsp3) is 0.947. The highest BCUT2D eigenvalue weighted by molar-refractivity contribution is 5.79. The Morgan fingerprint density at radius 2 is 1.29 bits per heavy atom. The van der Waals surface area contributed by atoms with Crippen LogP contribution in [-0.2, 0) is 9.53 Å². The molecule has 0 aromatic heterocycles. The molecule has 0 aromatic rings. The van der Waals surface area contributed by atoms with E-state index in [9.17, 15) is 4.79 Å². The smallest absolute Gasteiger partial charge is 0.313 e. The Balaban J connectivity index is 1.63. The van der Waals surface area contributed by atoms with Gasteiger partial charge in [0.2, 0.25) is 0 Å². The second kappa shape index (κ2) is 3.86. The highest BCUT2D eigenvalue weighted by atomic mass is 16.6. The molecule has 4 saturated carbocycles. The summed E-state index contributed by atoms with van der Waals surface area (Å²) in [6, 6.07) is 0. The second-order valence-corrected chi connectivity index (χ2v) is 9.46. The normalized spacial score (nSPS) is 48.8. The van der Waals surface area contributed by atoms with Crippen molar-refractivity contribution in [2.75, 3.05) is 0 Å². The molecule has 0 radical (unpaired) electrons. The molecular formula is C19H30O2. The number of carbonyl (C=O) groups is 1. The van der Waals surface area contributed by atoms with Crippen LogP contribution >= 0.6 is 0 Å². The zero-order chi connectivity index (χ0) is 15.1. The van der Waals surface area contributed by atoms with Crippen LogP contribution in [0, 0.1) is 28.1 Å². The van der Waals surface area contributed by atoms with Crippen molar-refractivity contribution < 1.29 is 9.53 Å². The van der Waals surface area contributed by atoms with Gasteiger partial charge in [0.15, 0.2) is 0 Å². The van der Waals surface area contributed by atoms with Crippen LogP contribution in [-0.4, -0.2) is 11.6 Å². The van der Waals surface area contributed by atoms with Gasteiger partial charge in [0.05, 0.1) is 5.41 Å². The molecule has 4 rings (SSSR count). The molecule has 0 unspecified atom stereocenters. The van der Waals surface area contributed by atoms with Crippen LogP contribution in [0.25, 0.3) is 0 Å². The van der Waals surface area contributed by atoms with Gasteiger partial charge in [-0.2, -0.15) is 0 Å². The van der Waals surface area contributed by atoms with E-state index in [1.165, 1.54) is 25.7 Å². The molecule has 0 atom stereocenters. The third-order valence-electron chi connectivity index (χ3n) is 8.76. The molecule has 0 heterocycles. The first kappa shape index (κ1) is 14.1. The molecule has 21 heavy (non-hydrogen) atoms. The van der Waals surface area contributed by atoms with Crippen LogP contribution in [0.4, 0.5) is 0 Å². The molecule has 0 aliphatic heterocycles. The van der Waals surface area contributed by atoms with Crippen molar-refractivity contribution in [3.8, 4) is 0 Å².